The van der Waals surface area contributed by atoms with Gasteiger partial charge in [-0.2, -0.15) is 0 Å². The average molecular weight is 446 g/mol. The number of aromatic nitrogens is 4. The third-order valence-electron chi connectivity index (χ3n) is 5.76. The van der Waals surface area contributed by atoms with E-state index in [4.69, 9.17) is 0 Å². The third kappa shape index (κ3) is 3.50. The third-order valence-corrected chi connectivity index (χ3v) is 6.94. The smallest absolute Gasteiger partial charge is 0.263 e. The summed E-state index contributed by atoms with van der Waals surface area (Å²) in [5.74, 6) is 0.524. The molecule has 1 fully saturated rings. The Hall–Kier alpha value is -3.39. The van der Waals surface area contributed by atoms with Gasteiger partial charge in [-0.25, -0.2) is 0 Å². The van der Waals surface area contributed by atoms with Crippen LogP contribution in [0.1, 0.15) is 23.7 Å². The highest BCUT2D eigenvalue weighted by Crippen LogP contribution is 2.37. The molecule has 0 aliphatic carbocycles. The van der Waals surface area contributed by atoms with Gasteiger partial charge < -0.3 is 4.90 Å². The van der Waals surface area contributed by atoms with Crippen molar-refractivity contribution in [3.05, 3.63) is 83.2 Å². The lowest BCUT2D eigenvalue weighted by atomic mass is 10.1. The number of thioether (sulfide) groups is 1. The summed E-state index contributed by atoms with van der Waals surface area (Å²) in [5, 5.41) is 9.46. The normalized spacial score (nSPS) is 14.8. The number of amides is 1. The van der Waals surface area contributed by atoms with Crippen LogP contribution in [0.2, 0.25) is 0 Å². The molecule has 0 bridgehead atoms. The number of hydrogen-bond acceptors (Lipinski definition) is 5. The van der Waals surface area contributed by atoms with Crippen LogP contribution in [0.4, 0.5) is 0 Å². The van der Waals surface area contributed by atoms with Gasteiger partial charge >= 0.3 is 0 Å². The number of carbonyl (C=O) groups is 1. The molecule has 32 heavy (non-hydrogen) atoms. The number of nitrogens with zero attached hydrogens (tertiary/aromatic N) is 5. The van der Waals surface area contributed by atoms with Crippen LogP contribution in [-0.4, -0.2) is 43.1 Å². The monoisotopic (exact) mass is 445 g/mol. The van der Waals surface area contributed by atoms with Gasteiger partial charge in [0.2, 0.25) is 11.7 Å². The quantitative estimate of drug-likeness (QED) is 0.334. The van der Waals surface area contributed by atoms with Crippen LogP contribution in [0.5, 0.6) is 0 Å². The van der Waals surface area contributed by atoms with Crippen molar-refractivity contribution in [3.63, 3.8) is 0 Å². The lowest BCUT2D eigenvalue weighted by Gasteiger charge is -2.22. The Kier molecular flexibility index (Phi) is 5.53. The molecule has 2 aromatic carbocycles. The maximum absolute atomic E-state index is 13.5. The van der Waals surface area contributed by atoms with Crippen molar-refractivity contribution in [2.45, 2.75) is 29.8 Å². The van der Waals surface area contributed by atoms with Crippen LogP contribution in [0, 0.1) is 0 Å². The Bertz CT molecular complexity index is 1360. The number of carbonyl (C=O) groups excluding carboxylic acids is 1. The molecule has 0 unspecified atom stereocenters. The van der Waals surface area contributed by atoms with E-state index < -0.39 is 5.25 Å². The maximum atomic E-state index is 13.5. The van der Waals surface area contributed by atoms with Gasteiger partial charge in [-0.1, -0.05) is 60.3 Å². The first kappa shape index (κ1) is 20.5. The molecule has 1 aliphatic rings. The first-order valence-corrected chi connectivity index (χ1v) is 11.5. The lowest BCUT2D eigenvalue weighted by molar-refractivity contribution is -0.129. The molecular weight excluding hydrogens is 422 g/mol. The van der Waals surface area contributed by atoms with Gasteiger partial charge in [0.05, 0.1) is 10.9 Å². The average Bonchev–Trinajstić information content (AvgIpc) is 3.51. The zero-order valence-corrected chi connectivity index (χ0v) is 18.4. The minimum Gasteiger partial charge on any atom is -0.341 e. The topological polar surface area (TPSA) is 72.5 Å². The van der Waals surface area contributed by atoms with E-state index in [9.17, 15) is 9.59 Å². The molecule has 2 aromatic heterocycles. The van der Waals surface area contributed by atoms with Crippen molar-refractivity contribution < 1.29 is 4.79 Å². The second-order valence-electron chi connectivity index (χ2n) is 7.78. The van der Waals surface area contributed by atoms with Crippen LogP contribution in [-0.2, 0) is 11.3 Å². The molecule has 7 nitrogen and oxygen atoms in total. The first-order valence-electron chi connectivity index (χ1n) is 10.7. The summed E-state index contributed by atoms with van der Waals surface area (Å²) in [6.45, 7) is 5.66. The van der Waals surface area contributed by atoms with Crippen molar-refractivity contribution >= 4 is 34.3 Å². The van der Waals surface area contributed by atoms with Gasteiger partial charge in [-0.05, 0) is 30.5 Å². The van der Waals surface area contributed by atoms with E-state index >= 15 is 0 Å². The Morgan fingerprint density at radius 1 is 1.06 bits per heavy atom. The Morgan fingerprint density at radius 3 is 2.53 bits per heavy atom. The Balaban J connectivity index is 1.67. The minimum atomic E-state index is -0.444. The molecule has 4 aromatic rings. The fraction of sp³-hybridized carbons (Fsp3) is 0.250. The predicted octanol–water partition coefficient (Wildman–Crippen LogP) is 3.69. The van der Waals surface area contributed by atoms with E-state index in [0.29, 0.717) is 22.9 Å². The minimum absolute atomic E-state index is 0.0826. The maximum Gasteiger partial charge on any atom is 0.263 e. The van der Waals surface area contributed by atoms with Crippen LogP contribution in [0.15, 0.2) is 77.2 Å². The van der Waals surface area contributed by atoms with Crippen LogP contribution in [0.3, 0.4) is 0 Å². The Labute approximate surface area is 189 Å². The summed E-state index contributed by atoms with van der Waals surface area (Å²) in [6.07, 6.45) is 3.73. The SMILES string of the molecule is C=CCn1c(=O)c2ccccc2n2c(S[C@H](C(=O)N3CCCC3)c3ccccc3)nnc12. The molecule has 0 spiro atoms. The summed E-state index contributed by atoms with van der Waals surface area (Å²) in [6, 6.07) is 17.2. The fourth-order valence-electron chi connectivity index (χ4n) is 4.20. The molecule has 1 atom stereocenters. The lowest BCUT2D eigenvalue weighted by Crippen LogP contribution is -2.31. The van der Waals surface area contributed by atoms with Crippen LogP contribution < -0.4 is 5.56 Å². The van der Waals surface area contributed by atoms with E-state index in [1.807, 2.05) is 57.8 Å². The van der Waals surface area contributed by atoms with Crippen LogP contribution >= 0.6 is 11.8 Å². The number of para-hydroxylation sites is 1. The predicted molar refractivity (Wildman–Crippen MR) is 126 cm³/mol. The number of allylic oxidation sites excluding steroid dienone is 1. The summed E-state index contributed by atoms with van der Waals surface area (Å²) in [5.41, 5.74) is 1.51. The molecule has 162 valence electrons. The summed E-state index contributed by atoms with van der Waals surface area (Å²) in [4.78, 5) is 28.4. The van der Waals surface area contributed by atoms with Gasteiger partial charge in [0.1, 0.15) is 5.25 Å². The van der Waals surface area contributed by atoms with Crippen molar-refractivity contribution in [3.8, 4) is 0 Å². The summed E-state index contributed by atoms with van der Waals surface area (Å²) in [7, 11) is 0. The highest BCUT2D eigenvalue weighted by molar-refractivity contribution is 8.00. The highest BCUT2D eigenvalue weighted by atomic mass is 32.2. The molecule has 0 radical (unpaired) electrons. The molecule has 5 rings (SSSR count). The molecule has 1 amide bonds. The molecule has 3 heterocycles. The van der Waals surface area contributed by atoms with E-state index in [1.165, 1.54) is 11.8 Å². The Morgan fingerprint density at radius 2 is 1.78 bits per heavy atom. The van der Waals surface area contributed by atoms with E-state index in [2.05, 4.69) is 16.8 Å². The van der Waals surface area contributed by atoms with Crippen LogP contribution in [0.25, 0.3) is 16.7 Å². The van der Waals surface area contributed by atoms with Gasteiger partial charge in [-0.3, -0.25) is 18.6 Å². The summed E-state index contributed by atoms with van der Waals surface area (Å²) >= 11 is 1.38. The second kappa shape index (κ2) is 8.63. The van der Waals surface area contributed by atoms with Gasteiger partial charge in [0.25, 0.3) is 5.56 Å². The van der Waals surface area contributed by atoms with Gasteiger partial charge in [0, 0.05) is 19.6 Å². The van der Waals surface area contributed by atoms with E-state index in [0.717, 1.165) is 37.0 Å². The zero-order chi connectivity index (χ0) is 22.1. The van der Waals surface area contributed by atoms with Crippen molar-refractivity contribution in [2.24, 2.45) is 0 Å². The highest BCUT2D eigenvalue weighted by Gasteiger charge is 2.30. The van der Waals surface area contributed by atoms with Gasteiger partial charge in [0.15, 0.2) is 5.16 Å². The number of likely N-dealkylation sites (tertiary alicyclic amines) is 1. The van der Waals surface area contributed by atoms with Crippen molar-refractivity contribution in [1.82, 2.24) is 24.1 Å². The van der Waals surface area contributed by atoms with Gasteiger partial charge in [-0.15, -0.1) is 16.8 Å². The summed E-state index contributed by atoms with van der Waals surface area (Å²) < 4.78 is 3.43. The molecule has 0 N–H and O–H groups in total. The number of fused-ring (bicyclic) bond motifs is 3. The number of rotatable bonds is 6. The number of hydrogen-bond donors (Lipinski definition) is 0. The van der Waals surface area contributed by atoms with E-state index in [1.54, 1.807) is 16.7 Å². The molecule has 1 aliphatic heterocycles. The number of benzene rings is 2. The molecule has 8 heteroatoms. The largest absolute Gasteiger partial charge is 0.341 e. The first-order chi connectivity index (χ1) is 15.7. The zero-order valence-electron chi connectivity index (χ0n) is 17.6. The van der Waals surface area contributed by atoms with E-state index in [-0.39, 0.29) is 11.5 Å². The molecule has 0 saturated carbocycles. The standard InChI is InChI=1S/C24H23N5O2S/c1-2-14-28-21(30)18-12-6-7-13-19(18)29-23(28)25-26-24(29)32-20(17-10-4-3-5-11-17)22(31)27-15-8-9-16-27/h2-7,10-13,20H,1,8-9,14-16H2/t20-/m0/s1. The molecule has 1 saturated heterocycles. The fourth-order valence-corrected chi connectivity index (χ4v) is 5.33. The second-order valence-corrected chi connectivity index (χ2v) is 8.85. The van der Waals surface area contributed by atoms with Crippen molar-refractivity contribution in [2.75, 3.05) is 13.1 Å². The molecular formula is C24H23N5O2S. The van der Waals surface area contributed by atoms with Crippen molar-refractivity contribution in [1.29, 1.82) is 0 Å².